The lowest BCUT2D eigenvalue weighted by atomic mass is 9.98. The second kappa shape index (κ2) is 6.35. The molecule has 1 aliphatic rings. The first-order chi connectivity index (χ1) is 9.70. The Morgan fingerprint density at radius 2 is 2.24 bits per heavy atom. The number of nitrogens with zero attached hydrogens (tertiary/aromatic N) is 3. The summed E-state index contributed by atoms with van der Waals surface area (Å²) in [7, 11) is 0. The highest BCUT2D eigenvalue weighted by molar-refractivity contribution is 5.85. The molecule has 1 aliphatic heterocycles. The maximum atomic E-state index is 6.09. The van der Waals surface area contributed by atoms with Crippen LogP contribution < -0.4 is 10.6 Å². The molecular weight excluding hydrogens is 288 g/mol. The van der Waals surface area contributed by atoms with Crippen LogP contribution in [0.5, 0.6) is 0 Å². The number of nitrogen functional groups attached to an aromatic ring is 1. The van der Waals surface area contributed by atoms with E-state index >= 15 is 0 Å². The van der Waals surface area contributed by atoms with Gasteiger partial charge in [-0.2, -0.15) is 4.98 Å². The summed E-state index contributed by atoms with van der Waals surface area (Å²) in [4.78, 5) is 6.76. The lowest BCUT2D eigenvalue weighted by Crippen LogP contribution is -2.32. The predicted molar refractivity (Wildman–Crippen MR) is 85.9 cm³/mol. The molecule has 1 unspecified atom stereocenters. The molecule has 1 aromatic carbocycles. The fraction of sp³-hybridized carbons (Fsp3) is 0.467. The monoisotopic (exact) mass is 308 g/mol. The lowest BCUT2D eigenvalue weighted by molar-refractivity contribution is 0.349. The van der Waals surface area contributed by atoms with Crippen molar-refractivity contribution in [3.8, 4) is 0 Å². The molecule has 21 heavy (non-hydrogen) atoms. The Labute approximate surface area is 130 Å². The first kappa shape index (κ1) is 15.6. The topological polar surface area (TPSA) is 68.2 Å². The Hall–Kier alpha value is -1.75. The van der Waals surface area contributed by atoms with Gasteiger partial charge >= 0.3 is 0 Å². The highest BCUT2D eigenvalue weighted by atomic mass is 35.5. The van der Waals surface area contributed by atoms with E-state index in [2.05, 4.69) is 28.0 Å². The molecular formula is C15H21ClN4O. The van der Waals surface area contributed by atoms with Crippen LogP contribution in [0.3, 0.4) is 0 Å². The Kier molecular flexibility index (Phi) is 4.73. The van der Waals surface area contributed by atoms with Gasteiger partial charge in [0.1, 0.15) is 6.04 Å². The van der Waals surface area contributed by atoms with Gasteiger partial charge in [0.25, 0.3) is 0 Å². The zero-order chi connectivity index (χ0) is 14.1. The van der Waals surface area contributed by atoms with Gasteiger partial charge in [-0.05, 0) is 37.5 Å². The Balaban J connectivity index is 0.00000161. The zero-order valence-electron chi connectivity index (χ0n) is 12.4. The van der Waals surface area contributed by atoms with Crippen molar-refractivity contribution in [3.05, 3.63) is 35.5 Å². The van der Waals surface area contributed by atoms with Gasteiger partial charge in [0, 0.05) is 24.3 Å². The molecule has 0 fully saturated rings. The van der Waals surface area contributed by atoms with Gasteiger partial charge in [-0.15, -0.1) is 12.4 Å². The van der Waals surface area contributed by atoms with E-state index < -0.39 is 0 Å². The molecule has 2 heterocycles. The summed E-state index contributed by atoms with van der Waals surface area (Å²) in [6, 6.07) is 6.17. The summed E-state index contributed by atoms with van der Waals surface area (Å²) in [6.07, 6.45) is 2.93. The summed E-state index contributed by atoms with van der Waals surface area (Å²) >= 11 is 0. The second-order valence-corrected chi connectivity index (χ2v) is 5.22. The van der Waals surface area contributed by atoms with Crippen molar-refractivity contribution in [2.24, 2.45) is 0 Å². The first-order valence-electron chi connectivity index (χ1n) is 7.17. The van der Waals surface area contributed by atoms with E-state index in [1.54, 1.807) is 0 Å². The van der Waals surface area contributed by atoms with Crippen molar-refractivity contribution in [1.29, 1.82) is 0 Å². The SMILES string of the molecule is CCc1noc(C(C)N2CCCc3c(N)cccc32)n1.Cl. The molecule has 0 radical (unpaired) electrons. The highest BCUT2D eigenvalue weighted by Gasteiger charge is 2.26. The molecule has 2 N–H and O–H groups in total. The molecule has 114 valence electrons. The average Bonchev–Trinajstić information content (AvgIpc) is 2.95. The van der Waals surface area contributed by atoms with Crippen LogP contribution in [0.4, 0.5) is 11.4 Å². The largest absolute Gasteiger partial charge is 0.398 e. The zero-order valence-corrected chi connectivity index (χ0v) is 13.2. The molecule has 0 aliphatic carbocycles. The maximum Gasteiger partial charge on any atom is 0.249 e. The minimum Gasteiger partial charge on any atom is -0.398 e. The van der Waals surface area contributed by atoms with Crippen LogP contribution in [0.2, 0.25) is 0 Å². The molecule has 0 bridgehead atoms. The van der Waals surface area contributed by atoms with Gasteiger partial charge in [-0.25, -0.2) is 0 Å². The van der Waals surface area contributed by atoms with Gasteiger partial charge in [-0.3, -0.25) is 0 Å². The number of rotatable bonds is 3. The van der Waals surface area contributed by atoms with Crippen molar-refractivity contribution in [2.45, 2.75) is 39.2 Å². The highest BCUT2D eigenvalue weighted by Crippen LogP contribution is 2.36. The van der Waals surface area contributed by atoms with Crippen LogP contribution >= 0.6 is 12.4 Å². The number of nitrogens with two attached hydrogens (primary N) is 1. The summed E-state index contributed by atoms with van der Waals surface area (Å²) in [5.74, 6) is 1.44. The van der Waals surface area contributed by atoms with Crippen molar-refractivity contribution in [1.82, 2.24) is 10.1 Å². The van der Waals surface area contributed by atoms with Gasteiger partial charge in [0.05, 0.1) is 0 Å². The number of fused-ring (bicyclic) bond motifs is 1. The van der Waals surface area contributed by atoms with Crippen molar-refractivity contribution < 1.29 is 4.52 Å². The van der Waals surface area contributed by atoms with Gasteiger partial charge < -0.3 is 15.2 Å². The fourth-order valence-corrected chi connectivity index (χ4v) is 2.80. The third-order valence-electron chi connectivity index (χ3n) is 3.95. The van der Waals surface area contributed by atoms with E-state index in [0.717, 1.165) is 37.3 Å². The number of benzene rings is 1. The number of hydrogen-bond acceptors (Lipinski definition) is 5. The summed E-state index contributed by atoms with van der Waals surface area (Å²) in [5, 5.41) is 3.99. The summed E-state index contributed by atoms with van der Waals surface area (Å²) in [5.41, 5.74) is 9.40. The van der Waals surface area contributed by atoms with E-state index in [-0.39, 0.29) is 18.4 Å². The first-order valence-corrected chi connectivity index (χ1v) is 7.17. The molecule has 0 amide bonds. The van der Waals surface area contributed by atoms with E-state index in [4.69, 9.17) is 10.3 Å². The van der Waals surface area contributed by atoms with Gasteiger partial charge in [-0.1, -0.05) is 18.1 Å². The van der Waals surface area contributed by atoms with E-state index in [9.17, 15) is 0 Å². The normalized spacial score (nSPS) is 15.2. The van der Waals surface area contributed by atoms with Gasteiger partial charge in [0.15, 0.2) is 5.82 Å². The minimum absolute atomic E-state index is 0. The molecule has 3 rings (SSSR count). The Bertz CT molecular complexity index is 613. The molecule has 0 saturated heterocycles. The van der Waals surface area contributed by atoms with E-state index in [0.29, 0.717) is 5.89 Å². The quantitative estimate of drug-likeness (QED) is 0.882. The molecule has 0 spiro atoms. The average molecular weight is 309 g/mol. The number of hydrogen-bond donors (Lipinski definition) is 1. The van der Waals surface area contributed by atoms with Crippen LogP contribution in [0.15, 0.2) is 22.7 Å². The Morgan fingerprint density at radius 3 is 2.95 bits per heavy atom. The summed E-state index contributed by atoms with van der Waals surface area (Å²) in [6.45, 7) is 5.11. The minimum atomic E-state index is 0. The van der Waals surface area contributed by atoms with Crippen LogP contribution in [0, 0.1) is 0 Å². The van der Waals surface area contributed by atoms with E-state index in [1.807, 2.05) is 19.1 Å². The van der Waals surface area contributed by atoms with Crippen LogP contribution in [0.1, 0.15) is 43.6 Å². The lowest BCUT2D eigenvalue weighted by Gasteiger charge is -2.35. The number of anilines is 2. The van der Waals surface area contributed by atoms with Crippen LogP contribution in [-0.2, 0) is 12.8 Å². The molecule has 1 aromatic heterocycles. The molecule has 5 nitrogen and oxygen atoms in total. The van der Waals surface area contributed by atoms with Crippen LogP contribution in [0.25, 0.3) is 0 Å². The smallest absolute Gasteiger partial charge is 0.249 e. The number of halogens is 1. The third kappa shape index (κ3) is 2.83. The number of aryl methyl sites for hydroxylation is 1. The maximum absolute atomic E-state index is 6.09. The second-order valence-electron chi connectivity index (χ2n) is 5.22. The summed E-state index contributed by atoms with van der Waals surface area (Å²) < 4.78 is 5.38. The number of aromatic nitrogens is 2. The predicted octanol–water partition coefficient (Wildman–Crippen LogP) is 3.15. The molecule has 0 saturated carbocycles. The van der Waals surface area contributed by atoms with Crippen molar-refractivity contribution in [2.75, 3.05) is 17.2 Å². The standard InChI is InChI=1S/C15H20N4O.ClH/c1-3-14-17-15(20-18-14)10(2)19-9-5-6-11-12(16)7-4-8-13(11)19;/h4,7-8,10H,3,5-6,9,16H2,1-2H3;1H. The molecule has 1 atom stereocenters. The fourth-order valence-electron chi connectivity index (χ4n) is 2.80. The van der Waals surface area contributed by atoms with E-state index in [1.165, 1.54) is 11.3 Å². The van der Waals surface area contributed by atoms with Crippen LogP contribution in [-0.4, -0.2) is 16.7 Å². The Morgan fingerprint density at radius 1 is 1.43 bits per heavy atom. The van der Waals surface area contributed by atoms with Gasteiger partial charge in [0.2, 0.25) is 5.89 Å². The molecule has 6 heteroatoms. The van der Waals surface area contributed by atoms with Crippen molar-refractivity contribution in [3.63, 3.8) is 0 Å². The third-order valence-corrected chi connectivity index (χ3v) is 3.95. The molecule has 2 aromatic rings. The van der Waals surface area contributed by atoms with Crippen molar-refractivity contribution >= 4 is 23.8 Å².